The number of nitrogens with one attached hydrogen (secondary N) is 1. The van der Waals surface area contributed by atoms with E-state index in [2.05, 4.69) is 21.5 Å². The Morgan fingerprint density at radius 2 is 1.89 bits per heavy atom. The van der Waals surface area contributed by atoms with Crippen LogP contribution >= 0.6 is 35.7 Å². The number of halogens is 1. The van der Waals surface area contributed by atoms with Gasteiger partial charge >= 0.3 is 0 Å². The van der Waals surface area contributed by atoms with E-state index < -0.39 is 0 Å². The predicted octanol–water partition coefficient (Wildman–Crippen LogP) is 2.66. The summed E-state index contributed by atoms with van der Waals surface area (Å²) in [5.41, 5.74) is 0. The molecule has 0 aromatic carbocycles. The molecule has 2 aliphatic rings. The summed E-state index contributed by atoms with van der Waals surface area (Å²) in [5.74, 6) is 4.14. The average molecular weight is 383 g/mol. The Hall–Kier alpha value is 0.350. The first-order chi connectivity index (χ1) is 8.35. The lowest BCUT2D eigenvalue weighted by molar-refractivity contribution is 0.299. The van der Waals surface area contributed by atoms with Gasteiger partial charge in [0.15, 0.2) is 5.96 Å². The number of likely N-dealkylation sites (tertiary alicyclic amines) is 1. The lowest BCUT2D eigenvalue weighted by Crippen LogP contribution is -2.41. The Morgan fingerprint density at radius 1 is 1.28 bits per heavy atom. The van der Waals surface area contributed by atoms with Crippen molar-refractivity contribution in [1.29, 1.82) is 0 Å². The standard InChI is InChI=1S/C13H25N3S.HI/c1-14-13(15-7-8-17-2)16-9-11-5-3-4-6-12(11)10-16;/h11-12H,3-10H2,1-2H3,(H,14,15);1H. The van der Waals surface area contributed by atoms with Crippen LogP contribution in [0.25, 0.3) is 0 Å². The van der Waals surface area contributed by atoms with Gasteiger partial charge in [0.25, 0.3) is 0 Å². The molecule has 2 rings (SSSR count). The molecule has 0 radical (unpaired) electrons. The summed E-state index contributed by atoms with van der Waals surface area (Å²) in [4.78, 5) is 6.90. The molecule has 106 valence electrons. The van der Waals surface area contributed by atoms with E-state index >= 15 is 0 Å². The molecule has 1 saturated carbocycles. The van der Waals surface area contributed by atoms with Crippen LogP contribution in [0, 0.1) is 11.8 Å². The third-order valence-electron chi connectivity index (χ3n) is 4.08. The van der Waals surface area contributed by atoms with Gasteiger partial charge in [0.2, 0.25) is 0 Å². The maximum atomic E-state index is 4.42. The van der Waals surface area contributed by atoms with Gasteiger partial charge in [-0.2, -0.15) is 11.8 Å². The summed E-state index contributed by atoms with van der Waals surface area (Å²) in [5, 5.41) is 3.48. The van der Waals surface area contributed by atoms with Crippen LogP contribution in [0.1, 0.15) is 25.7 Å². The molecule has 1 N–H and O–H groups in total. The predicted molar refractivity (Wildman–Crippen MR) is 92.2 cm³/mol. The van der Waals surface area contributed by atoms with Gasteiger partial charge in [-0.25, -0.2) is 0 Å². The first-order valence-electron chi connectivity index (χ1n) is 6.79. The van der Waals surface area contributed by atoms with E-state index in [4.69, 9.17) is 0 Å². The van der Waals surface area contributed by atoms with Crippen LogP contribution in [0.2, 0.25) is 0 Å². The number of hydrogen-bond acceptors (Lipinski definition) is 2. The Labute approximate surface area is 133 Å². The molecular weight excluding hydrogens is 357 g/mol. The van der Waals surface area contributed by atoms with E-state index in [1.54, 1.807) is 0 Å². The van der Waals surface area contributed by atoms with Crippen molar-refractivity contribution in [3.05, 3.63) is 0 Å². The van der Waals surface area contributed by atoms with Gasteiger partial charge < -0.3 is 10.2 Å². The van der Waals surface area contributed by atoms with Crippen LogP contribution in [-0.2, 0) is 0 Å². The maximum Gasteiger partial charge on any atom is 0.193 e. The second kappa shape index (κ2) is 8.51. The van der Waals surface area contributed by atoms with Crippen LogP contribution in [0.3, 0.4) is 0 Å². The number of hydrogen-bond donors (Lipinski definition) is 1. The molecular formula is C13H26IN3S. The highest BCUT2D eigenvalue weighted by molar-refractivity contribution is 14.0. The quantitative estimate of drug-likeness (QED) is 0.352. The van der Waals surface area contributed by atoms with E-state index in [0.29, 0.717) is 0 Å². The van der Waals surface area contributed by atoms with E-state index in [1.165, 1.54) is 38.8 Å². The number of rotatable bonds is 3. The Bertz CT molecular complexity index is 259. The fourth-order valence-electron chi connectivity index (χ4n) is 3.18. The lowest BCUT2D eigenvalue weighted by Gasteiger charge is -2.22. The molecule has 1 aliphatic carbocycles. The van der Waals surface area contributed by atoms with Gasteiger partial charge in [-0.1, -0.05) is 12.8 Å². The van der Waals surface area contributed by atoms with E-state index in [1.807, 2.05) is 18.8 Å². The number of guanidine groups is 1. The number of thioether (sulfide) groups is 1. The van der Waals surface area contributed by atoms with Crippen molar-refractivity contribution >= 4 is 41.7 Å². The molecule has 0 spiro atoms. The van der Waals surface area contributed by atoms with Gasteiger partial charge in [-0.05, 0) is 30.9 Å². The fourth-order valence-corrected chi connectivity index (χ4v) is 3.48. The van der Waals surface area contributed by atoms with Crippen molar-refractivity contribution in [3.8, 4) is 0 Å². The minimum Gasteiger partial charge on any atom is -0.355 e. The second-order valence-electron chi connectivity index (χ2n) is 5.18. The largest absolute Gasteiger partial charge is 0.355 e. The third kappa shape index (κ3) is 4.18. The smallest absolute Gasteiger partial charge is 0.193 e. The minimum absolute atomic E-state index is 0. The van der Waals surface area contributed by atoms with Crippen LogP contribution in [0.5, 0.6) is 0 Å². The average Bonchev–Trinajstić information content (AvgIpc) is 2.78. The first-order valence-corrected chi connectivity index (χ1v) is 8.19. The van der Waals surface area contributed by atoms with Gasteiger partial charge in [0, 0.05) is 32.4 Å². The SMILES string of the molecule is CN=C(NCCSC)N1CC2CCCCC2C1.I. The first kappa shape index (κ1) is 16.4. The molecule has 1 aliphatic heterocycles. The van der Waals surface area contributed by atoms with E-state index in [9.17, 15) is 0 Å². The molecule has 0 bridgehead atoms. The zero-order valence-electron chi connectivity index (χ0n) is 11.5. The molecule has 0 amide bonds. The van der Waals surface area contributed by atoms with E-state index in [0.717, 1.165) is 30.1 Å². The highest BCUT2D eigenvalue weighted by Crippen LogP contribution is 2.35. The van der Waals surface area contributed by atoms with Crippen molar-refractivity contribution in [2.45, 2.75) is 25.7 Å². The normalized spacial score (nSPS) is 27.7. The minimum atomic E-state index is 0. The zero-order chi connectivity index (χ0) is 12.1. The second-order valence-corrected chi connectivity index (χ2v) is 6.16. The number of fused-ring (bicyclic) bond motifs is 1. The number of aliphatic imine (C=N–C) groups is 1. The molecule has 1 heterocycles. The molecule has 2 fully saturated rings. The summed E-state index contributed by atoms with van der Waals surface area (Å²) in [6.07, 6.45) is 7.89. The van der Waals surface area contributed by atoms with Gasteiger partial charge in [0.1, 0.15) is 0 Å². The maximum absolute atomic E-state index is 4.42. The molecule has 0 aromatic rings. The third-order valence-corrected chi connectivity index (χ3v) is 4.69. The van der Waals surface area contributed by atoms with Crippen molar-refractivity contribution in [2.24, 2.45) is 16.8 Å². The van der Waals surface area contributed by atoms with Crippen LogP contribution in [-0.4, -0.2) is 49.6 Å². The van der Waals surface area contributed by atoms with Crippen molar-refractivity contribution in [2.75, 3.05) is 38.7 Å². The van der Waals surface area contributed by atoms with Gasteiger partial charge in [-0.3, -0.25) is 4.99 Å². The molecule has 2 atom stereocenters. The Balaban J connectivity index is 0.00000162. The summed E-state index contributed by atoms with van der Waals surface area (Å²) in [7, 11) is 1.91. The van der Waals surface area contributed by atoms with Crippen molar-refractivity contribution < 1.29 is 0 Å². The van der Waals surface area contributed by atoms with Crippen molar-refractivity contribution in [3.63, 3.8) is 0 Å². The lowest BCUT2D eigenvalue weighted by atomic mass is 9.82. The van der Waals surface area contributed by atoms with Crippen LogP contribution in [0.4, 0.5) is 0 Å². The highest BCUT2D eigenvalue weighted by Gasteiger charge is 2.35. The topological polar surface area (TPSA) is 27.6 Å². The van der Waals surface area contributed by atoms with Crippen LogP contribution in [0.15, 0.2) is 4.99 Å². The van der Waals surface area contributed by atoms with Gasteiger partial charge in [0.05, 0.1) is 0 Å². The van der Waals surface area contributed by atoms with E-state index in [-0.39, 0.29) is 24.0 Å². The summed E-state index contributed by atoms with van der Waals surface area (Å²) >= 11 is 1.88. The molecule has 18 heavy (non-hydrogen) atoms. The monoisotopic (exact) mass is 383 g/mol. The molecule has 2 unspecified atom stereocenters. The summed E-state index contributed by atoms with van der Waals surface area (Å²) in [6, 6.07) is 0. The molecule has 1 saturated heterocycles. The van der Waals surface area contributed by atoms with Crippen molar-refractivity contribution in [1.82, 2.24) is 10.2 Å². The zero-order valence-corrected chi connectivity index (χ0v) is 14.7. The highest BCUT2D eigenvalue weighted by atomic mass is 127. The molecule has 3 nitrogen and oxygen atoms in total. The summed E-state index contributed by atoms with van der Waals surface area (Å²) < 4.78 is 0. The van der Waals surface area contributed by atoms with Crippen LogP contribution < -0.4 is 5.32 Å². The molecule has 0 aromatic heterocycles. The fraction of sp³-hybridized carbons (Fsp3) is 0.923. The Morgan fingerprint density at radius 3 is 2.39 bits per heavy atom. The molecule has 5 heteroatoms. The summed E-state index contributed by atoms with van der Waals surface area (Å²) in [6.45, 7) is 3.48. The Kier molecular flexibility index (Phi) is 7.75. The number of nitrogens with zero attached hydrogens (tertiary/aromatic N) is 2. The van der Waals surface area contributed by atoms with Gasteiger partial charge in [-0.15, -0.1) is 24.0 Å².